The molecule has 1 N–H and O–H groups in total. The average molecular weight is 428 g/mol. The number of rotatable bonds is 7. The zero-order valence-electron chi connectivity index (χ0n) is 18.4. The van der Waals surface area contributed by atoms with Crippen molar-refractivity contribution in [3.05, 3.63) is 94.9 Å². The minimum absolute atomic E-state index is 0.108. The number of imide groups is 1. The minimum Gasteiger partial charge on any atom is -0.494 e. The molecule has 0 aliphatic carbocycles. The van der Waals surface area contributed by atoms with E-state index in [1.807, 2.05) is 69.3 Å². The van der Waals surface area contributed by atoms with Crippen molar-refractivity contribution in [3.63, 3.8) is 0 Å². The molecule has 0 spiro atoms. The Balaban J connectivity index is 1.75. The average Bonchev–Trinajstić information content (AvgIpc) is 3.01. The monoisotopic (exact) mass is 427 g/mol. The zero-order chi connectivity index (χ0) is 22.7. The summed E-state index contributed by atoms with van der Waals surface area (Å²) in [6.45, 7) is 6.56. The Bertz CT molecular complexity index is 1200. The van der Waals surface area contributed by atoms with Crippen LogP contribution in [0, 0.1) is 13.8 Å². The molecule has 0 fully saturated rings. The highest BCUT2D eigenvalue weighted by atomic mass is 16.5. The molecular formula is C26H25N3O3. The molecule has 3 aromatic rings. The van der Waals surface area contributed by atoms with Gasteiger partial charge in [-0.2, -0.15) is 0 Å². The molecule has 0 atom stereocenters. The third-order valence-electron chi connectivity index (χ3n) is 5.42. The lowest BCUT2D eigenvalue weighted by Gasteiger charge is -2.15. The summed E-state index contributed by atoms with van der Waals surface area (Å²) in [7, 11) is 0. The second-order valence-corrected chi connectivity index (χ2v) is 7.65. The molecule has 0 radical (unpaired) electrons. The van der Waals surface area contributed by atoms with Gasteiger partial charge < -0.3 is 10.1 Å². The van der Waals surface area contributed by atoms with Crippen molar-refractivity contribution in [1.82, 2.24) is 9.88 Å². The lowest BCUT2D eigenvalue weighted by Crippen LogP contribution is -2.32. The highest BCUT2D eigenvalue weighted by Crippen LogP contribution is 2.32. The van der Waals surface area contributed by atoms with E-state index < -0.39 is 0 Å². The number of aromatic nitrogens is 1. The maximum atomic E-state index is 13.4. The number of carbonyl (C=O) groups excluding carboxylic acids is 2. The summed E-state index contributed by atoms with van der Waals surface area (Å²) in [5.74, 6) is -0.0315. The molecule has 4 rings (SSSR count). The molecule has 6 nitrogen and oxygen atoms in total. The van der Waals surface area contributed by atoms with Gasteiger partial charge >= 0.3 is 0 Å². The Morgan fingerprint density at radius 3 is 2.50 bits per heavy atom. The molecule has 6 heteroatoms. The fourth-order valence-corrected chi connectivity index (χ4v) is 3.63. The van der Waals surface area contributed by atoms with Crippen molar-refractivity contribution < 1.29 is 14.3 Å². The third kappa shape index (κ3) is 4.25. The SMILES string of the molecule is CCOc1cccc(NC2=C(c3ccc(C)c(C)c3)C(=O)N(Cc3ccccn3)C2=O)c1. The van der Waals surface area contributed by atoms with Crippen LogP contribution in [0.1, 0.15) is 29.3 Å². The highest BCUT2D eigenvalue weighted by molar-refractivity contribution is 6.36. The van der Waals surface area contributed by atoms with Gasteiger partial charge in [-0.1, -0.05) is 30.3 Å². The zero-order valence-corrected chi connectivity index (χ0v) is 18.4. The lowest BCUT2D eigenvalue weighted by molar-refractivity contribution is -0.137. The summed E-state index contributed by atoms with van der Waals surface area (Å²) in [4.78, 5) is 32.4. The number of hydrogen-bond donors (Lipinski definition) is 1. The number of hydrogen-bond acceptors (Lipinski definition) is 5. The second-order valence-electron chi connectivity index (χ2n) is 7.65. The first kappa shape index (κ1) is 21.3. The van der Waals surface area contributed by atoms with Crippen LogP contribution >= 0.6 is 0 Å². The summed E-state index contributed by atoms with van der Waals surface area (Å²) in [5.41, 5.74) is 4.81. The van der Waals surface area contributed by atoms with E-state index in [4.69, 9.17) is 4.74 Å². The first-order chi connectivity index (χ1) is 15.5. The lowest BCUT2D eigenvalue weighted by atomic mass is 9.99. The molecule has 1 aromatic heterocycles. The van der Waals surface area contributed by atoms with Crippen molar-refractivity contribution in [2.24, 2.45) is 0 Å². The van der Waals surface area contributed by atoms with Gasteiger partial charge in [-0.25, -0.2) is 0 Å². The summed E-state index contributed by atoms with van der Waals surface area (Å²) in [6.07, 6.45) is 1.65. The van der Waals surface area contributed by atoms with Gasteiger partial charge in [0.05, 0.1) is 24.4 Å². The normalized spacial score (nSPS) is 13.7. The van der Waals surface area contributed by atoms with Gasteiger partial charge in [-0.15, -0.1) is 0 Å². The molecule has 2 aromatic carbocycles. The van der Waals surface area contributed by atoms with E-state index in [2.05, 4.69) is 10.3 Å². The summed E-state index contributed by atoms with van der Waals surface area (Å²) in [5, 5.41) is 3.19. The number of carbonyl (C=O) groups is 2. The number of aryl methyl sites for hydroxylation is 2. The standard InChI is InChI=1S/C26H25N3O3/c1-4-32-22-10-7-9-20(15-22)28-24-23(19-12-11-17(2)18(3)14-19)25(30)29(26(24)31)16-21-8-5-6-13-27-21/h5-15,28H,4,16H2,1-3H3. The molecule has 1 aliphatic heterocycles. The minimum atomic E-state index is -0.379. The number of anilines is 1. The smallest absolute Gasteiger partial charge is 0.278 e. The third-order valence-corrected chi connectivity index (χ3v) is 5.42. The molecule has 2 heterocycles. The molecule has 0 saturated carbocycles. The van der Waals surface area contributed by atoms with Gasteiger partial charge in [0.25, 0.3) is 11.8 Å². The van der Waals surface area contributed by atoms with E-state index in [1.165, 1.54) is 4.90 Å². The summed E-state index contributed by atoms with van der Waals surface area (Å²) >= 11 is 0. The first-order valence-electron chi connectivity index (χ1n) is 10.6. The Hall–Kier alpha value is -3.93. The van der Waals surface area contributed by atoms with Crippen LogP contribution in [0.5, 0.6) is 5.75 Å². The maximum absolute atomic E-state index is 13.4. The van der Waals surface area contributed by atoms with E-state index in [1.54, 1.807) is 18.3 Å². The van der Waals surface area contributed by atoms with E-state index in [0.717, 1.165) is 11.1 Å². The number of pyridine rings is 1. The van der Waals surface area contributed by atoms with E-state index in [0.29, 0.717) is 34.9 Å². The highest BCUT2D eigenvalue weighted by Gasteiger charge is 2.39. The number of ether oxygens (including phenoxy) is 1. The quantitative estimate of drug-likeness (QED) is 0.563. The predicted molar refractivity (Wildman–Crippen MR) is 124 cm³/mol. The van der Waals surface area contributed by atoms with E-state index >= 15 is 0 Å². The van der Waals surface area contributed by atoms with Crippen LogP contribution in [-0.2, 0) is 16.1 Å². The Kier molecular flexibility index (Phi) is 6.03. The van der Waals surface area contributed by atoms with Crippen LogP contribution in [0.3, 0.4) is 0 Å². The van der Waals surface area contributed by atoms with Crippen LogP contribution in [0.4, 0.5) is 5.69 Å². The van der Waals surface area contributed by atoms with Gasteiger partial charge in [0, 0.05) is 18.0 Å². The number of benzene rings is 2. The van der Waals surface area contributed by atoms with E-state index in [-0.39, 0.29) is 24.1 Å². The van der Waals surface area contributed by atoms with Crippen molar-refractivity contribution in [3.8, 4) is 5.75 Å². The van der Waals surface area contributed by atoms with Crippen LogP contribution < -0.4 is 10.1 Å². The maximum Gasteiger partial charge on any atom is 0.278 e. The molecule has 0 bridgehead atoms. The van der Waals surface area contributed by atoms with Crippen molar-refractivity contribution in [2.45, 2.75) is 27.3 Å². The summed E-state index contributed by atoms with van der Waals surface area (Å²) < 4.78 is 5.57. The number of nitrogens with one attached hydrogen (secondary N) is 1. The molecule has 1 aliphatic rings. The van der Waals surface area contributed by atoms with Gasteiger partial charge in [0.1, 0.15) is 11.4 Å². The Labute approximate surface area is 187 Å². The molecule has 0 unspecified atom stereocenters. The van der Waals surface area contributed by atoms with Gasteiger partial charge in [-0.3, -0.25) is 19.5 Å². The van der Waals surface area contributed by atoms with Crippen molar-refractivity contribution >= 4 is 23.1 Å². The van der Waals surface area contributed by atoms with Crippen LogP contribution in [0.15, 0.2) is 72.6 Å². The van der Waals surface area contributed by atoms with Crippen molar-refractivity contribution in [1.29, 1.82) is 0 Å². The predicted octanol–water partition coefficient (Wildman–Crippen LogP) is 4.49. The van der Waals surface area contributed by atoms with Crippen LogP contribution in [0.2, 0.25) is 0 Å². The van der Waals surface area contributed by atoms with E-state index in [9.17, 15) is 9.59 Å². The van der Waals surface area contributed by atoms with Crippen LogP contribution in [0.25, 0.3) is 5.57 Å². The molecule has 2 amide bonds. The first-order valence-corrected chi connectivity index (χ1v) is 10.6. The fraction of sp³-hybridized carbons (Fsp3) is 0.192. The molecule has 162 valence electrons. The second kappa shape index (κ2) is 9.06. The number of nitrogens with zero attached hydrogens (tertiary/aromatic N) is 2. The van der Waals surface area contributed by atoms with Gasteiger partial charge in [0.15, 0.2) is 0 Å². The summed E-state index contributed by atoms with van der Waals surface area (Å²) in [6, 6.07) is 18.6. The van der Waals surface area contributed by atoms with Crippen LogP contribution in [-0.4, -0.2) is 28.3 Å². The Morgan fingerprint density at radius 2 is 1.78 bits per heavy atom. The molecule has 32 heavy (non-hydrogen) atoms. The fourth-order valence-electron chi connectivity index (χ4n) is 3.63. The number of amides is 2. The molecule has 0 saturated heterocycles. The largest absolute Gasteiger partial charge is 0.494 e. The van der Waals surface area contributed by atoms with Gasteiger partial charge in [0.2, 0.25) is 0 Å². The topological polar surface area (TPSA) is 71.5 Å². The molecular weight excluding hydrogens is 402 g/mol. The Morgan fingerprint density at radius 1 is 0.938 bits per heavy atom. The van der Waals surface area contributed by atoms with Crippen molar-refractivity contribution in [2.75, 3.05) is 11.9 Å². The van der Waals surface area contributed by atoms with Gasteiger partial charge in [-0.05, 0) is 61.7 Å².